The van der Waals surface area contributed by atoms with E-state index in [1.165, 1.54) is 0 Å². The summed E-state index contributed by atoms with van der Waals surface area (Å²) in [4.78, 5) is 28.0. The first-order valence-electron chi connectivity index (χ1n) is 18.9. The Bertz CT molecular complexity index is 2560. The van der Waals surface area contributed by atoms with Gasteiger partial charge in [0.2, 0.25) is 11.7 Å². The molecule has 1 aliphatic carbocycles. The van der Waals surface area contributed by atoms with Gasteiger partial charge in [0, 0.05) is 31.5 Å². The van der Waals surface area contributed by atoms with Gasteiger partial charge in [-0.1, -0.05) is 72.8 Å². The number of nitrogens with one attached hydrogen (secondary N) is 2. The third-order valence-electron chi connectivity index (χ3n) is 10.4. The number of aromatic nitrogens is 3. The summed E-state index contributed by atoms with van der Waals surface area (Å²) in [7, 11) is 0. The summed E-state index contributed by atoms with van der Waals surface area (Å²) in [5.74, 6) is 0.277. The number of allylic oxidation sites excluding steroid dienone is 3. The number of fused-ring (bicyclic) bond motifs is 4. The van der Waals surface area contributed by atoms with Crippen LogP contribution in [0, 0.1) is 5.92 Å². The second kappa shape index (κ2) is 13.4. The van der Waals surface area contributed by atoms with Crippen molar-refractivity contribution in [2.24, 2.45) is 16.6 Å². The third-order valence-corrected chi connectivity index (χ3v) is 11.5. The average Bonchev–Trinajstić information content (AvgIpc) is 4.04. The van der Waals surface area contributed by atoms with Gasteiger partial charge in [-0.25, -0.2) is 15.0 Å². The summed E-state index contributed by atoms with van der Waals surface area (Å²) in [6.07, 6.45) is 12.9. The van der Waals surface area contributed by atoms with Crippen molar-refractivity contribution in [2.75, 3.05) is 11.9 Å². The Kier molecular flexibility index (Phi) is 8.23. The van der Waals surface area contributed by atoms with Gasteiger partial charge in [-0.3, -0.25) is 9.36 Å². The van der Waals surface area contributed by atoms with Gasteiger partial charge in [-0.05, 0) is 43.7 Å². The van der Waals surface area contributed by atoms with E-state index in [1.807, 2.05) is 112 Å². The number of imidazole rings is 1. The molecule has 0 saturated carbocycles. The molecule has 3 aromatic carbocycles. The molecule has 13 nitrogen and oxygen atoms in total. The molecule has 6 heterocycles. The van der Waals surface area contributed by atoms with Crippen LogP contribution in [-0.2, 0) is 20.0 Å². The Labute approximate surface area is 332 Å². The number of rotatable bonds is 8. The van der Waals surface area contributed by atoms with Gasteiger partial charge in [0.05, 0.1) is 21.7 Å². The van der Waals surface area contributed by atoms with Crippen LogP contribution in [0.1, 0.15) is 48.8 Å². The summed E-state index contributed by atoms with van der Waals surface area (Å²) >= 11 is 1.56. The molecule has 14 heteroatoms. The molecule has 1 amide bonds. The van der Waals surface area contributed by atoms with E-state index in [-0.39, 0.29) is 24.5 Å². The van der Waals surface area contributed by atoms with Crippen LogP contribution in [0.5, 0.6) is 11.5 Å². The fourth-order valence-electron chi connectivity index (χ4n) is 7.85. The number of carbonyl (C=O) groups excluding carboxylic acids is 1. The summed E-state index contributed by atoms with van der Waals surface area (Å²) in [5, 5.41) is 7.15. The van der Waals surface area contributed by atoms with Gasteiger partial charge in [-0.2, -0.15) is 0 Å². The molecule has 4 unspecified atom stereocenters. The van der Waals surface area contributed by atoms with Crippen molar-refractivity contribution < 1.29 is 28.5 Å². The Hall–Kier alpha value is -6.38. The summed E-state index contributed by atoms with van der Waals surface area (Å²) in [6, 6.07) is 21.6. The molecule has 57 heavy (non-hydrogen) atoms. The number of nitrogens with two attached hydrogens (primary N) is 1. The van der Waals surface area contributed by atoms with Gasteiger partial charge in [-0.15, -0.1) is 11.3 Å². The number of para-hydroxylation sites is 1. The van der Waals surface area contributed by atoms with Crippen LogP contribution in [0.2, 0.25) is 0 Å². The highest BCUT2D eigenvalue weighted by atomic mass is 32.1. The Morgan fingerprint density at radius 1 is 1.09 bits per heavy atom. The number of amidine groups is 1. The monoisotopic (exact) mass is 781 g/mol. The second-order valence-corrected chi connectivity index (χ2v) is 15.8. The molecule has 4 N–H and O–H groups in total. The minimum Gasteiger partial charge on any atom is -0.465 e. The van der Waals surface area contributed by atoms with Gasteiger partial charge < -0.3 is 40.1 Å². The average molecular weight is 782 g/mol. The van der Waals surface area contributed by atoms with Crippen LogP contribution in [-0.4, -0.2) is 57.0 Å². The number of ether oxygens (including phenoxy) is 5. The normalized spacial score (nSPS) is 25.2. The molecule has 1 fully saturated rings. The number of carbonyl (C=O) groups is 1. The van der Waals surface area contributed by atoms with E-state index in [4.69, 9.17) is 34.4 Å². The summed E-state index contributed by atoms with van der Waals surface area (Å²) in [5.41, 5.74) is 9.55. The number of thiazole rings is 1. The first-order chi connectivity index (χ1) is 27.7. The highest BCUT2D eigenvalue weighted by Crippen LogP contribution is 2.53. The second-order valence-electron chi connectivity index (χ2n) is 14.8. The number of aliphatic imine (C=N–C) groups is 1. The smallest absolute Gasteiger partial charge is 0.284 e. The molecular formula is C43H39N7O6S. The molecule has 5 atom stereocenters. The van der Waals surface area contributed by atoms with Crippen molar-refractivity contribution in [3.8, 4) is 22.1 Å². The lowest BCUT2D eigenvalue weighted by Gasteiger charge is -2.34. The lowest BCUT2D eigenvalue weighted by atomic mass is 9.86. The molecule has 10 rings (SSSR count). The van der Waals surface area contributed by atoms with E-state index >= 15 is 0 Å². The van der Waals surface area contributed by atoms with E-state index in [0.717, 1.165) is 26.4 Å². The molecule has 5 aliphatic rings. The van der Waals surface area contributed by atoms with E-state index in [9.17, 15) is 4.79 Å². The van der Waals surface area contributed by atoms with Crippen molar-refractivity contribution in [3.63, 3.8) is 0 Å². The van der Waals surface area contributed by atoms with Crippen LogP contribution >= 0.6 is 11.3 Å². The maximum Gasteiger partial charge on any atom is 0.284 e. The number of hydrogen-bond donors (Lipinski definition) is 3. The van der Waals surface area contributed by atoms with Crippen LogP contribution in [0.4, 0.5) is 5.82 Å². The Balaban J connectivity index is 0.940. The van der Waals surface area contributed by atoms with Crippen LogP contribution in [0.25, 0.3) is 26.7 Å². The maximum atomic E-state index is 14.3. The molecule has 4 aliphatic heterocycles. The molecule has 1 saturated heterocycles. The zero-order valence-corrected chi connectivity index (χ0v) is 32.2. The van der Waals surface area contributed by atoms with Crippen LogP contribution in [0.3, 0.4) is 0 Å². The van der Waals surface area contributed by atoms with Gasteiger partial charge in [0.15, 0.2) is 35.3 Å². The van der Waals surface area contributed by atoms with Crippen molar-refractivity contribution in [2.45, 2.75) is 57.1 Å². The quantitative estimate of drug-likeness (QED) is 0.139. The zero-order chi connectivity index (χ0) is 38.9. The zero-order valence-electron chi connectivity index (χ0n) is 31.3. The molecule has 0 spiro atoms. The number of anilines is 1. The number of nitrogens with zero attached hydrogens (tertiary/aromatic N) is 4. The number of hydrogen-bond acceptors (Lipinski definition) is 12. The van der Waals surface area contributed by atoms with Crippen molar-refractivity contribution in [1.29, 1.82) is 0 Å². The summed E-state index contributed by atoms with van der Waals surface area (Å²) in [6.45, 7) is 5.79. The number of amides is 1. The lowest BCUT2D eigenvalue weighted by Crippen LogP contribution is -2.43. The maximum absolute atomic E-state index is 14.3. The van der Waals surface area contributed by atoms with Crippen molar-refractivity contribution in [3.05, 3.63) is 132 Å². The van der Waals surface area contributed by atoms with Gasteiger partial charge >= 0.3 is 0 Å². The highest BCUT2D eigenvalue weighted by Gasteiger charge is 2.52. The fourth-order valence-corrected chi connectivity index (χ4v) is 8.80. The minimum atomic E-state index is -1.19. The SMILES string of the molecule is CC1N=C(N)c2ncn(C3=C4OC(C)(C)OC4[C@@H](/C=C/CNC(=O)c4cc(-c5nc6ccccc6s5)cc5c4OC(c4ccccc4)(C4C=CC=CC4)O5)O3)c2N1. The van der Waals surface area contributed by atoms with Crippen LogP contribution < -0.4 is 25.8 Å². The highest BCUT2D eigenvalue weighted by molar-refractivity contribution is 7.21. The summed E-state index contributed by atoms with van der Waals surface area (Å²) < 4.78 is 35.6. The van der Waals surface area contributed by atoms with E-state index < -0.39 is 23.8 Å². The van der Waals surface area contributed by atoms with E-state index in [1.54, 1.807) is 22.2 Å². The van der Waals surface area contributed by atoms with Crippen LogP contribution in [0.15, 0.2) is 120 Å². The Morgan fingerprint density at radius 2 is 1.93 bits per heavy atom. The third kappa shape index (κ3) is 6.03. The van der Waals surface area contributed by atoms with Gasteiger partial charge in [0.25, 0.3) is 11.7 Å². The van der Waals surface area contributed by atoms with Crippen molar-refractivity contribution in [1.82, 2.24) is 19.9 Å². The molecule has 288 valence electrons. The first kappa shape index (κ1) is 35.1. The first-order valence-corrected chi connectivity index (χ1v) is 19.7. The topological polar surface area (TPSA) is 156 Å². The largest absolute Gasteiger partial charge is 0.465 e. The predicted octanol–water partition coefficient (Wildman–Crippen LogP) is 7.06. The van der Waals surface area contributed by atoms with Crippen molar-refractivity contribution >= 4 is 45.0 Å². The lowest BCUT2D eigenvalue weighted by molar-refractivity contribution is -0.147. The number of benzene rings is 3. The molecule has 0 radical (unpaired) electrons. The molecular weight excluding hydrogens is 743 g/mol. The molecule has 2 aromatic heterocycles. The fraction of sp³-hybridized carbons (Fsp3) is 0.256. The predicted molar refractivity (Wildman–Crippen MR) is 216 cm³/mol. The van der Waals surface area contributed by atoms with E-state index in [0.29, 0.717) is 52.5 Å². The molecule has 5 aromatic rings. The standard InChI is InChI=1S/C43H39N7O6S/c1-24-47-37(44)33-38(48-24)50(23-46-33)41-36-35(54-42(2,3)55-36)30(52-41)18-12-20-45-39(51)28-21-25(40-49-29-17-10-11-19-32(29)57-40)22-31-34(28)56-43(53-31,26-13-6-4-7-14-26)27-15-8-5-9-16-27/h4-15,17-19,21-24,27,30,35,48H,16,20H2,1-3H3,(H2,44,47)(H,45,51)/b18-12+/t24?,27?,30-,35?,43?/m1/s1. The molecule has 0 bridgehead atoms. The van der Waals surface area contributed by atoms with E-state index in [2.05, 4.69) is 32.8 Å². The Morgan fingerprint density at radius 3 is 2.75 bits per heavy atom. The minimum absolute atomic E-state index is 0.152. The van der Waals surface area contributed by atoms with Gasteiger partial charge in [0.1, 0.15) is 29.0 Å².